The molecule has 0 amide bonds. The van der Waals surface area contributed by atoms with E-state index in [4.69, 9.17) is 0 Å². The molecule has 0 fully saturated rings. The summed E-state index contributed by atoms with van der Waals surface area (Å²) in [4.78, 5) is 12.8. The molecule has 0 saturated heterocycles. The molecule has 13 heavy (non-hydrogen) atoms. The van der Waals surface area contributed by atoms with Crippen LogP contribution in [0.3, 0.4) is 0 Å². The number of H-pyrrole nitrogens is 1. The van der Waals surface area contributed by atoms with Gasteiger partial charge in [0.05, 0.1) is 0 Å². The van der Waals surface area contributed by atoms with Crippen molar-refractivity contribution in [3.63, 3.8) is 0 Å². The summed E-state index contributed by atoms with van der Waals surface area (Å²) in [6, 6.07) is 1.19. The number of sulfone groups is 1. The van der Waals surface area contributed by atoms with Crippen molar-refractivity contribution in [2.75, 3.05) is 6.26 Å². The maximum absolute atomic E-state index is 11.1. The number of nitrogens with one attached hydrogen (secondary N) is 1. The van der Waals surface area contributed by atoms with E-state index in [2.05, 4.69) is 4.98 Å². The Morgan fingerprint density at radius 2 is 2.00 bits per heavy atom. The summed E-state index contributed by atoms with van der Waals surface area (Å²) in [6.45, 7) is 1.55. The molecule has 0 aromatic carbocycles. The van der Waals surface area contributed by atoms with Gasteiger partial charge < -0.3 is 10.1 Å². The molecule has 1 aromatic heterocycles. The summed E-state index contributed by atoms with van der Waals surface area (Å²) in [5.74, 6) is -0.510. The van der Waals surface area contributed by atoms with Crippen LogP contribution in [-0.4, -0.2) is 24.8 Å². The fraction of sp³-hybridized carbons (Fsp3) is 0.286. The zero-order chi connectivity index (χ0) is 10.2. The Hall–Kier alpha value is -1.30. The van der Waals surface area contributed by atoms with Crippen LogP contribution < -0.4 is 5.56 Å². The number of aromatic hydroxyl groups is 1. The Labute approximate surface area is 75.0 Å². The maximum Gasteiger partial charge on any atom is 0.270 e. The van der Waals surface area contributed by atoms with Gasteiger partial charge in [-0.25, -0.2) is 8.42 Å². The van der Waals surface area contributed by atoms with Gasteiger partial charge in [0, 0.05) is 18.0 Å². The molecule has 0 spiro atoms. The Morgan fingerprint density at radius 1 is 1.46 bits per heavy atom. The largest absolute Gasteiger partial charge is 0.506 e. The standard InChI is InChI=1S/C7H9NO4S/c1-4-3-5(9)6(7(10)8-4)13(2,11)12/h3H,1-2H3,(H2,8,9,10). The third-order valence-electron chi connectivity index (χ3n) is 1.47. The molecule has 5 nitrogen and oxygen atoms in total. The second-order valence-corrected chi connectivity index (χ2v) is 4.72. The van der Waals surface area contributed by atoms with Crippen molar-refractivity contribution < 1.29 is 13.5 Å². The molecule has 0 radical (unpaired) electrons. The molecular formula is C7H9NO4S. The van der Waals surface area contributed by atoms with Crippen LogP contribution in [0, 0.1) is 6.92 Å². The molecule has 0 bridgehead atoms. The van der Waals surface area contributed by atoms with Gasteiger partial charge in [-0.05, 0) is 6.92 Å². The summed E-state index contributed by atoms with van der Waals surface area (Å²) < 4.78 is 22.0. The average Bonchev–Trinajstić information content (AvgIpc) is 1.78. The van der Waals surface area contributed by atoms with Crippen LogP contribution in [0.5, 0.6) is 5.75 Å². The Kier molecular flexibility index (Phi) is 2.17. The molecule has 1 rings (SSSR count). The highest BCUT2D eigenvalue weighted by molar-refractivity contribution is 7.90. The highest BCUT2D eigenvalue weighted by Gasteiger charge is 2.17. The first-order chi connectivity index (χ1) is 5.82. The van der Waals surface area contributed by atoms with Gasteiger partial charge in [-0.2, -0.15) is 0 Å². The molecule has 0 unspecified atom stereocenters. The molecule has 72 valence electrons. The zero-order valence-corrected chi connectivity index (χ0v) is 7.97. The summed E-state index contributed by atoms with van der Waals surface area (Å²) in [5, 5.41) is 9.21. The van der Waals surface area contributed by atoms with Crippen LogP contribution in [0.25, 0.3) is 0 Å². The predicted molar refractivity (Wildman–Crippen MR) is 46.6 cm³/mol. The highest BCUT2D eigenvalue weighted by atomic mass is 32.2. The second kappa shape index (κ2) is 2.88. The number of aromatic amines is 1. The first-order valence-electron chi connectivity index (χ1n) is 3.45. The van der Waals surface area contributed by atoms with Crippen molar-refractivity contribution in [1.29, 1.82) is 0 Å². The van der Waals surface area contributed by atoms with Crippen LogP contribution >= 0.6 is 0 Å². The molecule has 2 N–H and O–H groups in total. The number of aromatic nitrogens is 1. The molecule has 1 heterocycles. The quantitative estimate of drug-likeness (QED) is 0.661. The lowest BCUT2D eigenvalue weighted by Gasteiger charge is -2.01. The molecule has 0 aliphatic carbocycles. The molecule has 0 aliphatic rings. The smallest absolute Gasteiger partial charge is 0.270 e. The summed E-state index contributed by atoms with van der Waals surface area (Å²) >= 11 is 0. The van der Waals surface area contributed by atoms with Gasteiger partial charge in [0.25, 0.3) is 5.56 Å². The Morgan fingerprint density at radius 3 is 2.38 bits per heavy atom. The van der Waals surface area contributed by atoms with Crippen molar-refractivity contribution in [3.8, 4) is 5.75 Å². The summed E-state index contributed by atoms with van der Waals surface area (Å²) in [7, 11) is -3.67. The van der Waals surface area contributed by atoms with E-state index in [1.165, 1.54) is 6.07 Å². The van der Waals surface area contributed by atoms with Gasteiger partial charge in [0.15, 0.2) is 14.7 Å². The predicted octanol–water partition coefficient (Wildman–Crippen LogP) is -0.208. The number of rotatable bonds is 1. The van der Waals surface area contributed by atoms with Crippen molar-refractivity contribution in [2.45, 2.75) is 11.8 Å². The monoisotopic (exact) mass is 203 g/mol. The first-order valence-corrected chi connectivity index (χ1v) is 5.34. The minimum Gasteiger partial charge on any atom is -0.506 e. The van der Waals surface area contributed by atoms with E-state index in [0.717, 1.165) is 6.26 Å². The van der Waals surface area contributed by atoms with E-state index in [-0.39, 0.29) is 0 Å². The van der Waals surface area contributed by atoms with Crippen LogP contribution in [0.15, 0.2) is 15.8 Å². The number of hydrogen-bond donors (Lipinski definition) is 2. The van der Waals surface area contributed by atoms with Gasteiger partial charge in [-0.15, -0.1) is 0 Å². The van der Waals surface area contributed by atoms with Crippen LogP contribution in [0.2, 0.25) is 0 Å². The Bertz CT molecular complexity index is 486. The molecular weight excluding hydrogens is 194 g/mol. The van der Waals surface area contributed by atoms with Crippen LogP contribution in [-0.2, 0) is 9.84 Å². The van der Waals surface area contributed by atoms with Crippen LogP contribution in [0.1, 0.15) is 5.69 Å². The second-order valence-electron chi connectivity index (χ2n) is 2.77. The highest BCUT2D eigenvalue weighted by Crippen LogP contribution is 2.17. The lowest BCUT2D eigenvalue weighted by atomic mass is 10.3. The average molecular weight is 203 g/mol. The van der Waals surface area contributed by atoms with E-state index >= 15 is 0 Å². The SMILES string of the molecule is Cc1cc(O)c(S(C)(=O)=O)c(=O)[nH]1. The molecule has 0 aliphatic heterocycles. The van der Waals surface area contributed by atoms with Gasteiger partial charge in [-0.3, -0.25) is 4.79 Å². The zero-order valence-electron chi connectivity index (χ0n) is 7.16. The summed E-state index contributed by atoms with van der Waals surface area (Å²) in [6.07, 6.45) is 0.868. The summed E-state index contributed by atoms with van der Waals surface area (Å²) in [5.41, 5.74) is -0.380. The van der Waals surface area contributed by atoms with E-state index in [1.54, 1.807) is 6.92 Å². The third kappa shape index (κ3) is 1.89. The van der Waals surface area contributed by atoms with Crippen molar-refractivity contribution in [2.24, 2.45) is 0 Å². The van der Waals surface area contributed by atoms with E-state index in [9.17, 15) is 18.3 Å². The van der Waals surface area contributed by atoms with E-state index in [0.29, 0.717) is 5.69 Å². The fourth-order valence-corrected chi connectivity index (χ4v) is 1.84. The van der Waals surface area contributed by atoms with Gasteiger partial charge >= 0.3 is 0 Å². The topological polar surface area (TPSA) is 87.2 Å². The van der Waals surface area contributed by atoms with Crippen molar-refractivity contribution >= 4 is 9.84 Å². The molecule has 0 saturated carbocycles. The molecule has 6 heteroatoms. The number of pyridine rings is 1. The number of aryl methyl sites for hydroxylation is 1. The van der Waals surface area contributed by atoms with Crippen molar-refractivity contribution in [3.05, 3.63) is 22.1 Å². The number of hydrogen-bond acceptors (Lipinski definition) is 4. The van der Waals surface area contributed by atoms with Gasteiger partial charge in [0.2, 0.25) is 0 Å². The maximum atomic E-state index is 11.1. The van der Waals surface area contributed by atoms with E-state index < -0.39 is 26.0 Å². The normalized spacial score (nSPS) is 11.5. The lowest BCUT2D eigenvalue weighted by molar-refractivity contribution is 0.455. The third-order valence-corrected chi connectivity index (χ3v) is 2.61. The lowest BCUT2D eigenvalue weighted by Crippen LogP contribution is -2.17. The van der Waals surface area contributed by atoms with Gasteiger partial charge in [-0.1, -0.05) is 0 Å². The minimum absolute atomic E-state index is 0.412. The molecule has 0 atom stereocenters. The Balaban J connectivity index is 3.67. The van der Waals surface area contributed by atoms with Crippen molar-refractivity contribution in [1.82, 2.24) is 4.98 Å². The fourth-order valence-electron chi connectivity index (χ4n) is 1.02. The first kappa shape index (κ1) is 9.79. The minimum atomic E-state index is -3.67. The molecule has 1 aromatic rings. The van der Waals surface area contributed by atoms with E-state index in [1.807, 2.05) is 0 Å². The van der Waals surface area contributed by atoms with Crippen LogP contribution in [0.4, 0.5) is 0 Å². The van der Waals surface area contributed by atoms with Gasteiger partial charge in [0.1, 0.15) is 5.75 Å².